The smallest absolute Gasteiger partial charge is 0.310 e. The largest absolute Gasteiger partial charge is 0.464 e. The number of ether oxygens (including phenoxy) is 1. The highest BCUT2D eigenvalue weighted by Gasteiger charge is 2.04. The number of benzene rings is 2. The van der Waals surface area contributed by atoms with E-state index >= 15 is 0 Å². The molecular weight excluding hydrogens is 248 g/mol. The molecule has 0 aliphatic carbocycles. The number of esters is 1. The molecular formula is C18H16O2. The van der Waals surface area contributed by atoms with Crippen molar-refractivity contribution in [1.29, 1.82) is 0 Å². The van der Waals surface area contributed by atoms with Crippen LogP contribution in [0.25, 0.3) is 11.1 Å². The molecule has 0 spiro atoms. The number of carbonyl (C=O) groups is 1. The Morgan fingerprint density at radius 1 is 1.00 bits per heavy atom. The van der Waals surface area contributed by atoms with Crippen LogP contribution >= 0.6 is 0 Å². The molecule has 0 unspecified atom stereocenters. The lowest BCUT2D eigenvalue weighted by Crippen LogP contribution is -2.08. The fraction of sp³-hybridized carbons (Fsp3) is 0.167. The van der Waals surface area contributed by atoms with E-state index in [-0.39, 0.29) is 19.0 Å². The second-order valence-corrected chi connectivity index (χ2v) is 4.41. The molecule has 0 atom stereocenters. The third kappa shape index (κ3) is 4.00. The third-order valence-corrected chi connectivity index (χ3v) is 2.92. The standard InChI is InChI=1S/C18H16O2/c1-2-3-13-20-18(19)14-15-9-11-17(12-10-15)16-7-5-4-6-8-16/h1,4-12H,3,13-14H2. The van der Waals surface area contributed by atoms with E-state index in [0.29, 0.717) is 6.42 Å². The van der Waals surface area contributed by atoms with Gasteiger partial charge in [-0.25, -0.2) is 0 Å². The first kappa shape index (κ1) is 13.9. The fourth-order valence-corrected chi connectivity index (χ4v) is 1.89. The Labute approximate surface area is 119 Å². The summed E-state index contributed by atoms with van der Waals surface area (Å²) in [4.78, 5) is 11.6. The van der Waals surface area contributed by atoms with Gasteiger partial charge in [-0.3, -0.25) is 4.79 Å². The van der Waals surface area contributed by atoms with Crippen molar-refractivity contribution in [1.82, 2.24) is 0 Å². The van der Waals surface area contributed by atoms with Crippen LogP contribution in [0.5, 0.6) is 0 Å². The number of rotatable bonds is 5. The van der Waals surface area contributed by atoms with Crippen LogP contribution < -0.4 is 0 Å². The van der Waals surface area contributed by atoms with E-state index in [1.54, 1.807) is 0 Å². The van der Waals surface area contributed by atoms with Crippen molar-refractivity contribution in [2.75, 3.05) is 6.61 Å². The summed E-state index contributed by atoms with van der Waals surface area (Å²) in [5.74, 6) is 2.19. The van der Waals surface area contributed by atoms with Crippen molar-refractivity contribution in [3.05, 3.63) is 60.2 Å². The van der Waals surface area contributed by atoms with Gasteiger partial charge in [-0.05, 0) is 16.7 Å². The van der Waals surface area contributed by atoms with E-state index < -0.39 is 0 Å². The van der Waals surface area contributed by atoms with Crippen molar-refractivity contribution >= 4 is 5.97 Å². The van der Waals surface area contributed by atoms with E-state index in [2.05, 4.69) is 18.1 Å². The van der Waals surface area contributed by atoms with Gasteiger partial charge < -0.3 is 4.74 Å². The minimum Gasteiger partial charge on any atom is -0.464 e. The van der Waals surface area contributed by atoms with Crippen molar-refractivity contribution in [2.24, 2.45) is 0 Å². The van der Waals surface area contributed by atoms with Crippen LogP contribution in [0.4, 0.5) is 0 Å². The molecule has 2 nitrogen and oxygen atoms in total. The highest BCUT2D eigenvalue weighted by Crippen LogP contribution is 2.19. The predicted octanol–water partition coefficient (Wildman–Crippen LogP) is 3.46. The van der Waals surface area contributed by atoms with Crippen LogP contribution in [0.3, 0.4) is 0 Å². The fourth-order valence-electron chi connectivity index (χ4n) is 1.89. The molecule has 0 heterocycles. The van der Waals surface area contributed by atoms with Crippen LogP contribution in [0, 0.1) is 12.3 Å². The topological polar surface area (TPSA) is 26.3 Å². The lowest BCUT2D eigenvalue weighted by atomic mass is 10.0. The Kier molecular flexibility index (Phi) is 4.97. The highest BCUT2D eigenvalue weighted by molar-refractivity contribution is 5.73. The highest BCUT2D eigenvalue weighted by atomic mass is 16.5. The molecule has 0 bridgehead atoms. The van der Waals surface area contributed by atoms with E-state index in [1.165, 1.54) is 0 Å². The minimum atomic E-state index is -0.243. The molecule has 0 amide bonds. The van der Waals surface area contributed by atoms with Crippen molar-refractivity contribution in [3.8, 4) is 23.5 Å². The van der Waals surface area contributed by atoms with E-state index in [1.807, 2.05) is 42.5 Å². The zero-order chi connectivity index (χ0) is 14.2. The lowest BCUT2D eigenvalue weighted by molar-refractivity contribution is -0.142. The normalized spacial score (nSPS) is 9.75. The molecule has 2 aromatic rings. The Balaban J connectivity index is 1.95. The van der Waals surface area contributed by atoms with Crippen LogP contribution in [-0.4, -0.2) is 12.6 Å². The van der Waals surface area contributed by atoms with Crippen LogP contribution in [-0.2, 0) is 16.0 Å². The maximum absolute atomic E-state index is 11.6. The molecule has 0 saturated heterocycles. The number of hydrogen-bond acceptors (Lipinski definition) is 2. The van der Waals surface area contributed by atoms with Gasteiger partial charge in [0.15, 0.2) is 0 Å². The summed E-state index contributed by atoms with van der Waals surface area (Å²) in [5, 5.41) is 0. The summed E-state index contributed by atoms with van der Waals surface area (Å²) in [6, 6.07) is 18.0. The second kappa shape index (κ2) is 7.16. The quantitative estimate of drug-likeness (QED) is 0.469. The maximum Gasteiger partial charge on any atom is 0.310 e. The van der Waals surface area contributed by atoms with Crippen LogP contribution in [0.2, 0.25) is 0 Å². The van der Waals surface area contributed by atoms with Gasteiger partial charge in [0.05, 0.1) is 6.42 Å². The van der Waals surface area contributed by atoms with Gasteiger partial charge in [-0.1, -0.05) is 54.6 Å². The summed E-state index contributed by atoms with van der Waals surface area (Å²) in [5.41, 5.74) is 3.24. The molecule has 0 fully saturated rings. The van der Waals surface area contributed by atoms with Gasteiger partial charge >= 0.3 is 5.97 Å². The second-order valence-electron chi connectivity index (χ2n) is 4.41. The molecule has 2 heteroatoms. The van der Waals surface area contributed by atoms with Crippen molar-refractivity contribution in [3.63, 3.8) is 0 Å². The van der Waals surface area contributed by atoms with Crippen molar-refractivity contribution < 1.29 is 9.53 Å². The summed E-state index contributed by atoms with van der Waals surface area (Å²) in [6.07, 6.45) is 5.83. The molecule has 2 aromatic carbocycles. The van der Waals surface area contributed by atoms with Gasteiger partial charge in [0, 0.05) is 6.42 Å². The molecule has 0 aromatic heterocycles. The minimum absolute atomic E-state index is 0.243. The number of hydrogen-bond donors (Lipinski definition) is 0. The first-order chi connectivity index (χ1) is 9.79. The average Bonchev–Trinajstić information content (AvgIpc) is 2.49. The third-order valence-electron chi connectivity index (χ3n) is 2.92. The Morgan fingerprint density at radius 3 is 2.30 bits per heavy atom. The van der Waals surface area contributed by atoms with Crippen molar-refractivity contribution in [2.45, 2.75) is 12.8 Å². The molecule has 0 aliphatic heterocycles. The Morgan fingerprint density at radius 2 is 1.65 bits per heavy atom. The Hall–Kier alpha value is -2.53. The van der Waals surface area contributed by atoms with E-state index in [9.17, 15) is 4.79 Å². The number of terminal acetylenes is 1. The summed E-state index contributed by atoms with van der Waals surface area (Å²) in [7, 11) is 0. The molecule has 100 valence electrons. The summed E-state index contributed by atoms with van der Waals surface area (Å²) >= 11 is 0. The van der Waals surface area contributed by atoms with E-state index in [0.717, 1.165) is 16.7 Å². The number of carbonyl (C=O) groups excluding carboxylic acids is 1. The summed E-state index contributed by atoms with van der Waals surface area (Å²) in [6.45, 7) is 0.289. The van der Waals surface area contributed by atoms with Gasteiger partial charge in [0.25, 0.3) is 0 Å². The monoisotopic (exact) mass is 264 g/mol. The van der Waals surface area contributed by atoms with Crippen LogP contribution in [0.15, 0.2) is 54.6 Å². The zero-order valence-corrected chi connectivity index (χ0v) is 11.2. The molecule has 0 saturated carbocycles. The molecule has 20 heavy (non-hydrogen) atoms. The van der Waals surface area contributed by atoms with Gasteiger partial charge in [0.2, 0.25) is 0 Å². The first-order valence-corrected chi connectivity index (χ1v) is 6.53. The Bertz CT molecular complexity index is 592. The van der Waals surface area contributed by atoms with E-state index in [4.69, 9.17) is 11.2 Å². The van der Waals surface area contributed by atoms with Gasteiger partial charge in [0.1, 0.15) is 6.61 Å². The molecule has 0 aliphatic rings. The molecule has 0 N–H and O–H groups in total. The zero-order valence-electron chi connectivity index (χ0n) is 11.2. The SMILES string of the molecule is C#CCCOC(=O)Cc1ccc(-c2ccccc2)cc1. The summed E-state index contributed by atoms with van der Waals surface area (Å²) < 4.78 is 5.02. The molecule has 0 radical (unpaired) electrons. The molecule has 2 rings (SSSR count). The van der Waals surface area contributed by atoms with Gasteiger partial charge in [-0.2, -0.15) is 0 Å². The predicted molar refractivity (Wildman–Crippen MR) is 80.0 cm³/mol. The van der Waals surface area contributed by atoms with Gasteiger partial charge in [-0.15, -0.1) is 12.3 Å². The van der Waals surface area contributed by atoms with Crippen LogP contribution in [0.1, 0.15) is 12.0 Å². The maximum atomic E-state index is 11.6. The average molecular weight is 264 g/mol. The lowest BCUT2D eigenvalue weighted by Gasteiger charge is -2.05. The first-order valence-electron chi connectivity index (χ1n) is 6.53.